The van der Waals surface area contributed by atoms with Gasteiger partial charge in [0, 0.05) is 11.8 Å². The summed E-state index contributed by atoms with van der Waals surface area (Å²) in [6, 6.07) is 3.64. The highest BCUT2D eigenvalue weighted by Gasteiger charge is 2.32. The van der Waals surface area contributed by atoms with Crippen LogP contribution < -0.4 is 4.74 Å². The van der Waals surface area contributed by atoms with Crippen LogP contribution in [-0.4, -0.2) is 15.0 Å². The average molecular weight is 269 g/mol. The number of hydrogen-bond acceptors (Lipinski definition) is 4. The Morgan fingerprint density at radius 1 is 1.11 bits per heavy atom. The Morgan fingerprint density at radius 3 is 2.37 bits per heavy atom. The zero-order valence-electron chi connectivity index (χ0n) is 10.2. The molecule has 0 aliphatic heterocycles. The van der Waals surface area contributed by atoms with Gasteiger partial charge in [-0.05, 0) is 26.0 Å². The van der Waals surface area contributed by atoms with Crippen LogP contribution in [0.25, 0.3) is 0 Å². The number of pyridine rings is 1. The third-order valence-electron chi connectivity index (χ3n) is 2.19. The molecule has 0 fully saturated rings. The fourth-order valence-corrected chi connectivity index (χ4v) is 1.46. The maximum Gasteiger partial charge on any atom is 0.433 e. The topological polar surface area (TPSA) is 47.9 Å². The van der Waals surface area contributed by atoms with E-state index in [0.29, 0.717) is 11.5 Å². The van der Waals surface area contributed by atoms with Gasteiger partial charge < -0.3 is 4.74 Å². The van der Waals surface area contributed by atoms with E-state index in [0.717, 1.165) is 12.3 Å². The molecule has 0 bridgehead atoms. The molecule has 2 aromatic heterocycles. The van der Waals surface area contributed by atoms with Gasteiger partial charge in [0.05, 0.1) is 6.20 Å². The second-order valence-corrected chi connectivity index (χ2v) is 3.87. The molecule has 0 aliphatic rings. The lowest BCUT2D eigenvalue weighted by Crippen LogP contribution is -2.07. The van der Waals surface area contributed by atoms with Crippen LogP contribution in [0.2, 0.25) is 0 Å². The van der Waals surface area contributed by atoms with E-state index >= 15 is 0 Å². The summed E-state index contributed by atoms with van der Waals surface area (Å²) in [5, 5.41) is 0. The van der Waals surface area contributed by atoms with Crippen molar-refractivity contribution in [3.05, 3.63) is 41.6 Å². The van der Waals surface area contributed by atoms with Crippen molar-refractivity contribution in [3.8, 4) is 11.6 Å². The van der Waals surface area contributed by atoms with Gasteiger partial charge in [0.1, 0.15) is 17.3 Å². The Morgan fingerprint density at radius 2 is 1.84 bits per heavy atom. The minimum Gasteiger partial charge on any atom is -0.437 e. The summed E-state index contributed by atoms with van der Waals surface area (Å²) in [5.41, 5.74) is -0.253. The van der Waals surface area contributed by atoms with E-state index in [9.17, 15) is 13.2 Å². The first kappa shape index (κ1) is 13.3. The predicted octanol–water partition coefficient (Wildman–Crippen LogP) is 3.30. The average Bonchev–Trinajstić information content (AvgIpc) is 2.26. The molecule has 0 N–H and O–H groups in total. The zero-order valence-corrected chi connectivity index (χ0v) is 10.2. The van der Waals surface area contributed by atoms with Gasteiger partial charge in [-0.15, -0.1) is 0 Å². The van der Waals surface area contributed by atoms with E-state index in [4.69, 9.17) is 4.74 Å². The van der Waals surface area contributed by atoms with Gasteiger partial charge in [0.2, 0.25) is 5.88 Å². The Kier molecular flexibility index (Phi) is 3.37. The number of nitrogens with zero attached hydrogens (tertiary/aromatic N) is 3. The Balaban J connectivity index is 2.20. The summed E-state index contributed by atoms with van der Waals surface area (Å²) < 4.78 is 42.3. The van der Waals surface area contributed by atoms with E-state index in [-0.39, 0.29) is 11.6 Å². The van der Waals surface area contributed by atoms with Gasteiger partial charge in [-0.3, -0.25) is 0 Å². The first-order chi connectivity index (χ1) is 8.84. The summed E-state index contributed by atoms with van der Waals surface area (Å²) in [6.45, 7) is 3.47. The number of hydrogen-bond donors (Lipinski definition) is 0. The van der Waals surface area contributed by atoms with E-state index in [1.165, 1.54) is 6.07 Å². The van der Waals surface area contributed by atoms with Crippen molar-refractivity contribution in [1.29, 1.82) is 0 Å². The van der Waals surface area contributed by atoms with Crippen molar-refractivity contribution in [1.82, 2.24) is 15.0 Å². The minimum absolute atomic E-state index is 0.186. The molecule has 2 aromatic rings. The zero-order chi connectivity index (χ0) is 14.0. The first-order valence-electron chi connectivity index (χ1n) is 5.38. The van der Waals surface area contributed by atoms with Crippen molar-refractivity contribution < 1.29 is 17.9 Å². The standard InChI is InChI=1S/C12H10F3N3O/c1-7-5-11(18-8(2)17-7)19-9-3-4-10(16-6-9)12(13,14)15/h3-6H,1-2H3. The fraction of sp³-hybridized carbons (Fsp3) is 0.250. The highest BCUT2D eigenvalue weighted by molar-refractivity contribution is 5.26. The first-order valence-corrected chi connectivity index (χ1v) is 5.38. The highest BCUT2D eigenvalue weighted by Crippen LogP contribution is 2.29. The Bertz CT molecular complexity index is 562. The van der Waals surface area contributed by atoms with Gasteiger partial charge in [-0.2, -0.15) is 18.2 Å². The number of halogens is 3. The molecule has 0 amide bonds. The molecular weight excluding hydrogens is 259 g/mol. The number of aromatic nitrogens is 3. The van der Waals surface area contributed by atoms with Crippen LogP contribution in [0.5, 0.6) is 11.6 Å². The third kappa shape index (κ3) is 3.40. The largest absolute Gasteiger partial charge is 0.437 e. The lowest BCUT2D eigenvalue weighted by Gasteiger charge is -2.08. The molecule has 0 saturated heterocycles. The maximum absolute atomic E-state index is 12.3. The fourth-order valence-electron chi connectivity index (χ4n) is 1.46. The van der Waals surface area contributed by atoms with Crippen molar-refractivity contribution in [3.63, 3.8) is 0 Å². The van der Waals surface area contributed by atoms with Gasteiger partial charge in [-0.25, -0.2) is 9.97 Å². The molecule has 0 aromatic carbocycles. The highest BCUT2D eigenvalue weighted by atomic mass is 19.4. The summed E-state index contributed by atoms with van der Waals surface area (Å²) in [7, 11) is 0. The molecule has 0 unspecified atom stereocenters. The molecule has 2 rings (SSSR count). The minimum atomic E-state index is -4.46. The van der Waals surface area contributed by atoms with Crippen LogP contribution in [0.4, 0.5) is 13.2 Å². The monoisotopic (exact) mass is 269 g/mol. The quantitative estimate of drug-likeness (QED) is 0.839. The van der Waals surface area contributed by atoms with Gasteiger partial charge >= 0.3 is 6.18 Å². The van der Waals surface area contributed by atoms with Crippen LogP contribution in [0.15, 0.2) is 24.4 Å². The van der Waals surface area contributed by atoms with E-state index in [1.807, 2.05) is 0 Å². The number of rotatable bonds is 2. The van der Waals surface area contributed by atoms with Gasteiger partial charge in [-0.1, -0.05) is 0 Å². The number of aryl methyl sites for hydroxylation is 2. The molecule has 7 heteroatoms. The molecule has 100 valence electrons. The number of ether oxygens (including phenoxy) is 1. The van der Waals surface area contributed by atoms with Crippen LogP contribution in [-0.2, 0) is 6.18 Å². The van der Waals surface area contributed by atoms with E-state index < -0.39 is 11.9 Å². The molecule has 0 radical (unpaired) electrons. The van der Waals surface area contributed by atoms with Crippen molar-refractivity contribution in [2.24, 2.45) is 0 Å². The van der Waals surface area contributed by atoms with Crippen LogP contribution in [0.1, 0.15) is 17.2 Å². The molecule has 0 atom stereocenters. The summed E-state index contributed by atoms with van der Waals surface area (Å²) in [4.78, 5) is 11.4. The SMILES string of the molecule is Cc1cc(Oc2ccc(C(F)(F)F)nc2)nc(C)n1. The third-order valence-corrected chi connectivity index (χ3v) is 2.19. The van der Waals surface area contributed by atoms with Crippen molar-refractivity contribution in [2.75, 3.05) is 0 Å². The summed E-state index contributed by atoms with van der Waals surface area (Å²) >= 11 is 0. The Labute approximate surface area is 107 Å². The summed E-state index contributed by atoms with van der Waals surface area (Å²) in [6.07, 6.45) is -3.45. The lowest BCUT2D eigenvalue weighted by atomic mass is 10.3. The van der Waals surface area contributed by atoms with Crippen LogP contribution >= 0.6 is 0 Å². The second-order valence-electron chi connectivity index (χ2n) is 3.87. The number of alkyl halides is 3. The van der Waals surface area contributed by atoms with Crippen LogP contribution in [0.3, 0.4) is 0 Å². The molecule has 4 nitrogen and oxygen atoms in total. The van der Waals surface area contributed by atoms with Gasteiger partial charge in [0.25, 0.3) is 0 Å². The molecule has 0 aliphatic carbocycles. The molecule has 0 spiro atoms. The lowest BCUT2D eigenvalue weighted by molar-refractivity contribution is -0.141. The predicted molar refractivity (Wildman–Crippen MR) is 60.8 cm³/mol. The Hall–Kier alpha value is -2.18. The van der Waals surface area contributed by atoms with Crippen LogP contribution in [0, 0.1) is 13.8 Å². The van der Waals surface area contributed by atoms with Gasteiger partial charge in [0.15, 0.2) is 0 Å². The van der Waals surface area contributed by atoms with Crippen molar-refractivity contribution in [2.45, 2.75) is 20.0 Å². The molecule has 19 heavy (non-hydrogen) atoms. The normalized spacial score (nSPS) is 11.4. The smallest absolute Gasteiger partial charge is 0.433 e. The molecule has 0 saturated carbocycles. The van der Waals surface area contributed by atoms with E-state index in [1.54, 1.807) is 19.9 Å². The molecular formula is C12H10F3N3O. The summed E-state index contributed by atoms with van der Waals surface area (Å²) in [5.74, 6) is 0.979. The maximum atomic E-state index is 12.3. The second kappa shape index (κ2) is 4.83. The van der Waals surface area contributed by atoms with E-state index in [2.05, 4.69) is 15.0 Å². The molecule has 2 heterocycles. The van der Waals surface area contributed by atoms with Crippen molar-refractivity contribution >= 4 is 0 Å².